The summed E-state index contributed by atoms with van der Waals surface area (Å²) in [5.41, 5.74) is 2.46. The summed E-state index contributed by atoms with van der Waals surface area (Å²) < 4.78 is 3.52. The van der Waals surface area contributed by atoms with Crippen LogP contribution in [0.3, 0.4) is 0 Å². The number of nitrogens with zero attached hydrogens (tertiary/aromatic N) is 4. The van der Waals surface area contributed by atoms with Gasteiger partial charge in [0.1, 0.15) is 0 Å². The van der Waals surface area contributed by atoms with Crippen LogP contribution in [0, 0.1) is 37.8 Å². The number of nitro benzene ring substituents is 2. The van der Waals surface area contributed by atoms with Gasteiger partial charge in [0.2, 0.25) is 0 Å². The first-order valence-electron chi connectivity index (χ1n) is 10.2. The van der Waals surface area contributed by atoms with Gasteiger partial charge in [-0.05, 0) is 41.0 Å². The predicted molar refractivity (Wildman–Crippen MR) is 148 cm³/mol. The summed E-state index contributed by atoms with van der Waals surface area (Å²) in [7, 11) is 1.58. The van der Waals surface area contributed by atoms with Crippen LogP contribution in [0.1, 0.15) is 12.6 Å². The van der Waals surface area contributed by atoms with E-state index in [1.807, 2.05) is 43.3 Å². The second-order valence-corrected chi connectivity index (χ2v) is 8.07. The fourth-order valence-electron chi connectivity index (χ4n) is 3.29. The number of aryl methyl sites for hydroxylation is 1. The Labute approximate surface area is 217 Å². The molecule has 0 radical (unpaired) electrons. The molecule has 0 aliphatic heterocycles. The van der Waals surface area contributed by atoms with E-state index in [9.17, 15) is 20.2 Å². The van der Waals surface area contributed by atoms with Gasteiger partial charge in [-0.3, -0.25) is 20.2 Å². The third-order valence-electron chi connectivity index (χ3n) is 4.85. The van der Waals surface area contributed by atoms with Crippen molar-refractivity contribution >= 4 is 67.9 Å². The zero-order valence-corrected chi connectivity index (χ0v) is 21.3. The molecule has 0 N–H and O–H groups in total. The first kappa shape index (κ1) is 27.6. The van der Waals surface area contributed by atoms with E-state index in [-0.39, 0.29) is 22.6 Å². The Hall–Kier alpha value is -3.62. The van der Waals surface area contributed by atoms with Crippen molar-refractivity contribution in [3.63, 3.8) is 0 Å². The second kappa shape index (κ2) is 13.9. The SMILES string of the molecule is CB=NSC#N.Cc1ccc([N+](=O)[O-])c2ccccc12.O=[N+]([O-])c1ccc(CBr)c2ccccc12.[2HH]. The van der Waals surface area contributed by atoms with Gasteiger partial charge in [0.05, 0.1) is 20.6 Å². The summed E-state index contributed by atoms with van der Waals surface area (Å²) >= 11 is 4.25. The molecule has 8 nitrogen and oxygen atoms in total. The normalized spacial score (nSPS) is 9.89. The summed E-state index contributed by atoms with van der Waals surface area (Å²) in [5, 5.41) is 35.1. The molecular weight excluding hydrogens is 531 g/mol. The average Bonchev–Trinajstić information content (AvgIpc) is 2.87. The van der Waals surface area contributed by atoms with Gasteiger partial charge in [0.15, 0.2) is 0 Å². The quantitative estimate of drug-likeness (QED) is 0.0629. The average molecular weight is 554 g/mol. The van der Waals surface area contributed by atoms with Gasteiger partial charge >= 0.3 is 40.8 Å². The van der Waals surface area contributed by atoms with E-state index >= 15 is 0 Å². The van der Waals surface area contributed by atoms with Crippen LogP contribution >= 0.6 is 27.9 Å². The number of hydrogen-bond acceptors (Lipinski definition) is 7. The first-order valence-corrected chi connectivity index (χ1v) is 12.1. The van der Waals surface area contributed by atoms with Crippen molar-refractivity contribution in [2.24, 2.45) is 4.30 Å². The van der Waals surface area contributed by atoms with Crippen LogP contribution in [0.2, 0.25) is 6.82 Å². The Kier molecular flexibility index (Phi) is 11.0. The molecule has 178 valence electrons. The van der Waals surface area contributed by atoms with Crippen LogP contribution in [-0.4, -0.2) is 16.9 Å². The van der Waals surface area contributed by atoms with Crippen molar-refractivity contribution in [3.8, 4) is 5.40 Å². The molecule has 35 heavy (non-hydrogen) atoms. The van der Waals surface area contributed by atoms with Crippen molar-refractivity contribution in [3.05, 3.63) is 104 Å². The van der Waals surface area contributed by atoms with Crippen molar-refractivity contribution in [1.29, 1.82) is 5.26 Å². The number of non-ortho nitro benzene ring substituents is 2. The molecule has 0 bridgehead atoms. The summed E-state index contributed by atoms with van der Waals surface area (Å²) in [6.45, 7) is 3.72. The van der Waals surface area contributed by atoms with Gasteiger partial charge in [-0.25, -0.2) is 0 Å². The maximum atomic E-state index is 10.8. The minimum Gasteiger partial charge on any atom is -0.258 e. The molecule has 0 amide bonds. The molecule has 4 aromatic carbocycles. The molecule has 0 atom stereocenters. The van der Waals surface area contributed by atoms with Crippen molar-refractivity contribution in [2.45, 2.75) is 19.1 Å². The maximum Gasteiger partial charge on any atom is 0.277 e. The number of fused-ring (bicyclic) bond motifs is 2. The Bertz CT molecular complexity index is 1430. The second-order valence-electron chi connectivity index (χ2n) is 6.93. The van der Waals surface area contributed by atoms with Crippen LogP contribution in [0.15, 0.2) is 77.1 Å². The summed E-state index contributed by atoms with van der Waals surface area (Å²) in [4.78, 5) is 20.8. The number of nitro groups is 2. The summed E-state index contributed by atoms with van der Waals surface area (Å²) in [5.74, 6) is 0. The fraction of sp³-hybridized carbons (Fsp3) is 0.125. The molecule has 0 saturated heterocycles. The molecule has 0 unspecified atom stereocenters. The molecule has 0 aromatic heterocycles. The van der Waals surface area contributed by atoms with Gasteiger partial charge < -0.3 is 0 Å². The topological polar surface area (TPSA) is 122 Å². The number of benzene rings is 4. The standard InChI is InChI=1S/C11H8BrNO2.C11H9NO2.C2H3BN2S.H2/c12-7-8-5-6-11(13(14)15)10-4-2-1-3-9(8)10;1-8-6-7-11(12(13)14)10-5-3-2-4-9(8)10;1-3-5-6-2-4;/h1-6H,7H2;2-7H,1H3;1H3;1H/i;;;1+1. The molecule has 0 saturated carbocycles. The molecule has 4 aromatic rings. The molecule has 4 rings (SSSR count). The molecule has 11 heteroatoms. The number of thiocyanates is 1. The Morgan fingerprint density at radius 2 is 1.40 bits per heavy atom. The van der Waals surface area contributed by atoms with E-state index in [0.717, 1.165) is 33.8 Å². The maximum absolute atomic E-state index is 10.8. The third kappa shape index (κ3) is 7.43. The smallest absolute Gasteiger partial charge is 0.258 e. The zero-order chi connectivity index (χ0) is 25.8. The Morgan fingerprint density at radius 3 is 1.86 bits per heavy atom. The first-order chi connectivity index (χ1) is 16.8. The van der Waals surface area contributed by atoms with Gasteiger partial charge in [-0.15, -0.1) is 0 Å². The Morgan fingerprint density at radius 1 is 0.914 bits per heavy atom. The van der Waals surface area contributed by atoms with E-state index < -0.39 is 0 Å². The van der Waals surface area contributed by atoms with Gasteiger partial charge in [-0.1, -0.05) is 64.5 Å². The van der Waals surface area contributed by atoms with Gasteiger partial charge in [-0.2, -0.15) is 0 Å². The fourth-order valence-corrected chi connectivity index (χ4v) is 3.93. The minimum atomic E-state index is -0.347. The molecule has 0 fully saturated rings. The van der Waals surface area contributed by atoms with Crippen molar-refractivity contribution in [1.82, 2.24) is 0 Å². The number of rotatable bonds is 4. The van der Waals surface area contributed by atoms with E-state index in [4.69, 9.17) is 5.26 Å². The molecular formula is C24H22BBrN4O4S. The van der Waals surface area contributed by atoms with E-state index in [1.165, 1.54) is 0 Å². The van der Waals surface area contributed by atoms with Crippen molar-refractivity contribution in [2.75, 3.05) is 0 Å². The van der Waals surface area contributed by atoms with E-state index in [1.54, 1.807) is 55.7 Å². The van der Waals surface area contributed by atoms with Crippen molar-refractivity contribution < 1.29 is 11.3 Å². The minimum absolute atomic E-state index is 0. The molecule has 0 spiro atoms. The number of halogens is 1. The monoisotopic (exact) mass is 553 g/mol. The van der Waals surface area contributed by atoms with Gasteiger partial charge in [0, 0.05) is 18.9 Å². The van der Waals surface area contributed by atoms with Crippen LogP contribution < -0.4 is 0 Å². The van der Waals surface area contributed by atoms with Crippen LogP contribution in [0.4, 0.5) is 11.4 Å². The predicted octanol–water partition coefficient (Wildman–Crippen LogP) is 8.00. The number of nitriles is 1. The van der Waals surface area contributed by atoms with Crippen LogP contribution in [0.25, 0.3) is 21.5 Å². The summed E-state index contributed by atoms with van der Waals surface area (Å²) in [6.07, 6.45) is 0. The van der Waals surface area contributed by atoms with E-state index in [0.29, 0.717) is 16.1 Å². The summed E-state index contributed by atoms with van der Waals surface area (Å²) in [6, 6.07) is 21.4. The Balaban J connectivity index is 0.000000290. The third-order valence-corrected chi connectivity index (χ3v) is 5.85. The number of alkyl halides is 1. The zero-order valence-electron chi connectivity index (χ0n) is 18.9. The molecule has 0 heterocycles. The van der Waals surface area contributed by atoms with Gasteiger partial charge in [0.25, 0.3) is 11.4 Å². The molecule has 0 aliphatic carbocycles. The number of hydrogen-bond donors (Lipinski definition) is 0. The van der Waals surface area contributed by atoms with E-state index in [2.05, 4.69) is 20.2 Å². The van der Waals surface area contributed by atoms with Crippen LogP contribution in [0.5, 0.6) is 0 Å². The largest absolute Gasteiger partial charge is 0.277 e. The van der Waals surface area contributed by atoms with Crippen LogP contribution in [-0.2, 0) is 5.33 Å². The molecule has 0 aliphatic rings.